The van der Waals surface area contributed by atoms with Crippen LogP contribution in [-0.4, -0.2) is 39.6 Å². The summed E-state index contributed by atoms with van der Waals surface area (Å²) in [6, 6.07) is -1.12. The van der Waals surface area contributed by atoms with E-state index in [9.17, 15) is 14.4 Å². The molecule has 0 unspecified atom stereocenters. The van der Waals surface area contributed by atoms with E-state index in [-0.39, 0.29) is 6.42 Å². The number of carbonyl (C=O) groups is 3. The third-order valence-electron chi connectivity index (χ3n) is 2.42. The summed E-state index contributed by atoms with van der Waals surface area (Å²) in [5.41, 5.74) is -0.758. The van der Waals surface area contributed by atoms with Gasteiger partial charge in [-0.2, -0.15) is 0 Å². The van der Waals surface area contributed by atoms with Crippen molar-refractivity contribution in [3.63, 3.8) is 0 Å². The molecule has 2 amide bonds. The SMILES string of the molecule is C[C@@H]1C[C@@H](C(=O)O)N(C(=O)OC(C)(C)C)C1=O. The van der Waals surface area contributed by atoms with E-state index in [1.54, 1.807) is 27.7 Å². The molecule has 1 saturated heterocycles. The molecule has 0 saturated carbocycles. The number of carboxylic acid groups (broad SMARTS) is 1. The molecule has 96 valence electrons. The van der Waals surface area contributed by atoms with Crippen LogP contribution in [0.3, 0.4) is 0 Å². The van der Waals surface area contributed by atoms with E-state index >= 15 is 0 Å². The molecule has 0 bridgehead atoms. The van der Waals surface area contributed by atoms with Gasteiger partial charge in [-0.3, -0.25) is 4.79 Å². The van der Waals surface area contributed by atoms with Crippen molar-refractivity contribution in [2.45, 2.75) is 45.8 Å². The molecule has 1 fully saturated rings. The lowest BCUT2D eigenvalue weighted by Crippen LogP contribution is -2.45. The van der Waals surface area contributed by atoms with Crippen molar-refractivity contribution in [2.75, 3.05) is 0 Å². The van der Waals surface area contributed by atoms with Gasteiger partial charge in [-0.15, -0.1) is 0 Å². The van der Waals surface area contributed by atoms with Gasteiger partial charge < -0.3 is 9.84 Å². The van der Waals surface area contributed by atoms with Crippen LogP contribution in [0.4, 0.5) is 4.79 Å². The number of amides is 2. The smallest absolute Gasteiger partial charge is 0.417 e. The zero-order chi connectivity index (χ0) is 13.4. The van der Waals surface area contributed by atoms with Crippen molar-refractivity contribution in [3.8, 4) is 0 Å². The molecule has 0 aliphatic carbocycles. The molecule has 1 rings (SSSR count). The van der Waals surface area contributed by atoms with E-state index < -0.39 is 35.5 Å². The Kier molecular flexibility index (Phi) is 3.45. The zero-order valence-electron chi connectivity index (χ0n) is 10.4. The predicted octanol–water partition coefficient (Wildman–Crippen LogP) is 1.24. The van der Waals surface area contributed by atoms with Crippen LogP contribution in [0, 0.1) is 5.92 Å². The monoisotopic (exact) mass is 243 g/mol. The first-order valence-corrected chi connectivity index (χ1v) is 5.42. The lowest BCUT2D eigenvalue weighted by Gasteiger charge is -2.25. The molecule has 1 N–H and O–H groups in total. The molecule has 6 nitrogen and oxygen atoms in total. The average Bonchev–Trinajstić information content (AvgIpc) is 2.40. The Morgan fingerprint density at radius 3 is 2.35 bits per heavy atom. The molecule has 2 atom stereocenters. The number of hydrogen-bond acceptors (Lipinski definition) is 4. The maximum atomic E-state index is 11.8. The van der Waals surface area contributed by atoms with Gasteiger partial charge in [0.25, 0.3) is 0 Å². The third-order valence-corrected chi connectivity index (χ3v) is 2.42. The maximum Gasteiger partial charge on any atom is 0.417 e. The van der Waals surface area contributed by atoms with Gasteiger partial charge in [-0.1, -0.05) is 6.92 Å². The molecule has 0 aromatic heterocycles. The second kappa shape index (κ2) is 4.35. The van der Waals surface area contributed by atoms with Gasteiger partial charge in [-0.25, -0.2) is 14.5 Å². The quantitative estimate of drug-likeness (QED) is 0.749. The molecule has 1 aliphatic rings. The van der Waals surface area contributed by atoms with Crippen molar-refractivity contribution in [2.24, 2.45) is 5.92 Å². The highest BCUT2D eigenvalue weighted by molar-refractivity contribution is 6.00. The lowest BCUT2D eigenvalue weighted by atomic mass is 10.1. The van der Waals surface area contributed by atoms with E-state index in [0.717, 1.165) is 0 Å². The van der Waals surface area contributed by atoms with E-state index in [4.69, 9.17) is 9.84 Å². The number of carbonyl (C=O) groups excluding carboxylic acids is 2. The number of ether oxygens (including phenoxy) is 1. The number of rotatable bonds is 1. The Labute approximate surface area is 99.5 Å². The van der Waals surface area contributed by atoms with Gasteiger partial charge in [0.2, 0.25) is 5.91 Å². The Morgan fingerprint density at radius 2 is 1.94 bits per heavy atom. The highest BCUT2D eigenvalue weighted by Gasteiger charge is 2.46. The molecule has 6 heteroatoms. The summed E-state index contributed by atoms with van der Waals surface area (Å²) in [6.45, 7) is 6.57. The summed E-state index contributed by atoms with van der Waals surface area (Å²) in [5, 5.41) is 8.96. The van der Waals surface area contributed by atoms with Crippen LogP contribution in [-0.2, 0) is 14.3 Å². The number of aliphatic carboxylic acids is 1. The first-order chi connectivity index (χ1) is 7.63. The second-order valence-electron chi connectivity index (χ2n) is 5.18. The molecule has 0 radical (unpaired) electrons. The number of imide groups is 1. The fourth-order valence-electron chi connectivity index (χ4n) is 1.67. The van der Waals surface area contributed by atoms with Crippen LogP contribution in [0.1, 0.15) is 34.1 Å². The van der Waals surface area contributed by atoms with Gasteiger partial charge in [0.15, 0.2) is 0 Å². The van der Waals surface area contributed by atoms with Crippen molar-refractivity contribution >= 4 is 18.0 Å². The Morgan fingerprint density at radius 1 is 1.41 bits per heavy atom. The largest absolute Gasteiger partial charge is 0.480 e. The van der Waals surface area contributed by atoms with Gasteiger partial charge >= 0.3 is 12.1 Å². The summed E-state index contributed by atoms with van der Waals surface area (Å²) in [7, 11) is 0. The molecule has 1 heterocycles. The number of hydrogen-bond donors (Lipinski definition) is 1. The van der Waals surface area contributed by atoms with Gasteiger partial charge in [0, 0.05) is 5.92 Å². The van der Waals surface area contributed by atoms with E-state index in [1.807, 2.05) is 0 Å². The fraction of sp³-hybridized carbons (Fsp3) is 0.727. The van der Waals surface area contributed by atoms with Gasteiger partial charge in [0.1, 0.15) is 11.6 Å². The van der Waals surface area contributed by atoms with E-state index in [1.165, 1.54) is 0 Å². The summed E-state index contributed by atoms with van der Waals surface area (Å²) in [6.07, 6.45) is -0.757. The Balaban J connectivity index is 2.89. The highest BCUT2D eigenvalue weighted by atomic mass is 16.6. The second-order valence-corrected chi connectivity index (χ2v) is 5.18. The van der Waals surface area contributed by atoms with Crippen LogP contribution >= 0.6 is 0 Å². The Hall–Kier alpha value is -1.59. The standard InChI is InChI=1S/C11H17NO5/c1-6-5-7(9(14)15)12(8(6)13)10(16)17-11(2,3)4/h6-7H,5H2,1-4H3,(H,14,15)/t6-,7+/m1/s1. The zero-order valence-corrected chi connectivity index (χ0v) is 10.4. The molecule has 0 aromatic rings. The summed E-state index contributed by atoms with van der Waals surface area (Å²) in [5.74, 6) is -2.15. The minimum atomic E-state index is -1.19. The van der Waals surface area contributed by atoms with Crippen LogP contribution in [0.25, 0.3) is 0 Å². The summed E-state index contributed by atoms with van der Waals surface area (Å²) in [4.78, 5) is 35.1. The number of likely N-dealkylation sites (tertiary alicyclic amines) is 1. The molecule has 0 aromatic carbocycles. The number of carboxylic acids is 1. The van der Waals surface area contributed by atoms with Crippen molar-refractivity contribution in [1.29, 1.82) is 0 Å². The summed E-state index contributed by atoms with van der Waals surface area (Å²) < 4.78 is 5.02. The average molecular weight is 243 g/mol. The van der Waals surface area contributed by atoms with Crippen LogP contribution in [0.2, 0.25) is 0 Å². The molecule has 0 spiro atoms. The minimum Gasteiger partial charge on any atom is -0.480 e. The van der Waals surface area contributed by atoms with Crippen LogP contribution in [0.15, 0.2) is 0 Å². The molecule has 1 aliphatic heterocycles. The van der Waals surface area contributed by atoms with Gasteiger partial charge in [-0.05, 0) is 27.2 Å². The number of nitrogens with zero attached hydrogens (tertiary/aromatic N) is 1. The summed E-state index contributed by atoms with van der Waals surface area (Å²) >= 11 is 0. The molecular formula is C11H17NO5. The first kappa shape index (κ1) is 13.5. The first-order valence-electron chi connectivity index (χ1n) is 5.42. The topological polar surface area (TPSA) is 83.9 Å². The lowest BCUT2D eigenvalue weighted by molar-refractivity contribution is -0.145. The minimum absolute atomic E-state index is 0.132. The third kappa shape index (κ3) is 2.95. The van der Waals surface area contributed by atoms with E-state index in [2.05, 4.69) is 0 Å². The normalized spacial score (nSPS) is 24.9. The van der Waals surface area contributed by atoms with Crippen LogP contribution < -0.4 is 0 Å². The van der Waals surface area contributed by atoms with Gasteiger partial charge in [0.05, 0.1) is 0 Å². The predicted molar refractivity (Wildman–Crippen MR) is 58.3 cm³/mol. The fourth-order valence-corrected chi connectivity index (χ4v) is 1.67. The van der Waals surface area contributed by atoms with Crippen molar-refractivity contribution < 1.29 is 24.2 Å². The highest BCUT2D eigenvalue weighted by Crippen LogP contribution is 2.26. The molecule has 17 heavy (non-hydrogen) atoms. The van der Waals surface area contributed by atoms with E-state index in [0.29, 0.717) is 4.90 Å². The maximum absolute atomic E-state index is 11.8. The van der Waals surface area contributed by atoms with Crippen molar-refractivity contribution in [1.82, 2.24) is 4.90 Å². The Bertz CT molecular complexity index is 357. The van der Waals surface area contributed by atoms with Crippen LogP contribution in [0.5, 0.6) is 0 Å². The molecular weight excluding hydrogens is 226 g/mol. The van der Waals surface area contributed by atoms with Crippen molar-refractivity contribution in [3.05, 3.63) is 0 Å².